The maximum absolute atomic E-state index is 12.3. The van der Waals surface area contributed by atoms with E-state index in [1.54, 1.807) is 18.2 Å². The lowest BCUT2D eigenvalue weighted by Gasteiger charge is -2.09. The predicted molar refractivity (Wildman–Crippen MR) is 114 cm³/mol. The fourth-order valence-corrected chi connectivity index (χ4v) is 4.29. The molecule has 0 bridgehead atoms. The van der Waals surface area contributed by atoms with Crippen LogP contribution in [0.3, 0.4) is 0 Å². The van der Waals surface area contributed by atoms with Crippen LogP contribution in [-0.2, 0) is 9.84 Å². The predicted octanol–water partition coefficient (Wildman–Crippen LogP) is 5.23. The van der Waals surface area contributed by atoms with Gasteiger partial charge >= 0.3 is 5.97 Å². The number of aromatic carboxylic acids is 1. The summed E-state index contributed by atoms with van der Waals surface area (Å²) in [6.07, 6.45) is 1.15. The molecule has 0 unspecified atom stereocenters. The highest BCUT2D eigenvalue weighted by atomic mass is 32.2. The van der Waals surface area contributed by atoms with Crippen molar-refractivity contribution < 1.29 is 18.3 Å². The normalized spacial score (nSPS) is 11.5. The smallest absolute Gasteiger partial charge is 0.336 e. The first-order valence-corrected chi connectivity index (χ1v) is 10.9. The molecular weight excluding hydrogens is 384 g/mol. The molecule has 0 heterocycles. The minimum atomic E-state index is -3.34. The zero-order chi connectivity index (χ0) is 20.6. The van der Waals surface area contributed by atoms with E-state index in [0.717, 1.165) is 22.9 Å². The Bertz CT molecular complexity index is 1270. The van der Waals surface area contributed by atoms with E-state index in [0.29, 0.717) is 16.7 Å². The lowest BCUT2D eigenvalue weighted by molar-refractivity contribution is 0.0699. The average molecular weight is 402 g/mol. The van der Waals surface area contributed by atoms with E-state index in [4.69, 9.17) is 0 Å². The van der Waals surface area contributed by atoms with Crippen LogP contribution >= 0.6 is 0 Å². The van der Waals surface area contributed by atoms with E-state index in [2.05, 4.69) is 0 Å². The maximum atomic E-state index is 12.3. The molecule has 2 aromatic carbocycles. The molecule has 0 amide bonds. The third-order valence-electron chi connectivity index (χ3n) is 4.92. The second-order valence-corrected chi connectivity index (χ2v) is 8.85. The molecule has 0 saturated carbocycles. The molecule has 5 heteroatoms. The minimum absolute atomic E-state index is 0.196. The molecule has 0 aromatic heterocycles. The standard InChI is InChI=1S/C24H18O4S/c1-29(27,28)18-14-12-17(13-15-18)22-21(16-8-4-2-5-9-16)19-10-6-3-7-11-20(19)23(22)24(25)26/h2-15H,1H3,(H,25,26). The van der Waals surface area contributed by atoms with Gasteiger partial charge in [0.05, 0.1) is 10.5 Å². The summed E-state index contributed by atoms with van der Waals surface area (Å²) >= 11 is 0. The van der Waals surface area contributed by atoms with Gasteiger partial charge in [-0.25, -0.2) is 13.2 Å². The van der Waals surface area contributed by atoms with Crippen LogP contribution in [0, 0.1) is 0 Å². The number of carbonyl (C=O) groups is 1. The van der Waals surface area contributed by atoms with Gasteiger partial charge < -0.3 is 5.11 Å². The molecule has 1 N–H and O–H groups in total. The van der Waals surface area contributed by atoms with Crippen LogP contribution in [0.25, 0.3) is 33.4 Å². The van der Waals surface area contributed by atoms with Crippen molar-refractivity contribution in [3.8, 4) is 33.4 Å². The number of fused-ring (bicyclic) bond motifs is 1. The Balaban J connectivity index is 2.10. The van der Waals surface area contributed by atoms with Gasteiger partial charge in [-0.3, -0.25) is 0 Å². The van der Waals surface area contributed by atoms with Crippen LogP contribution in [0.1, 0.15) is 10.4 Å². The number of carboxylic acid groups (broad SMARTS) is 1. The number of sulfone groups is 1. The van der Waals surface area contributed by atoms with E-state index in [-0.39, 0.29) is 10.5 Å². The summed E-state index contributed by atoms with van der Waals surface area (Å²) < 4.78 is 23.7. The van der Waals surface area contributed by atoms with Gasteiger partial charge in [0.25, 0.3) is 0 Å². The number of rotatable bonds is 4. The highest BCUT2D eigenvalue weighted by Crippen LogP contribution is 2.47. The van der Waals surface area contributed by atoms with Crippen molar-refractivity contribution in [3.63, 3.8) is 0 Å². The summed E-state index contributed by atoms with van der Waals surface area (Å²) in [4.78, 5) is 12.5. The van der Waals surface area contributed by atoms with Crippen molar-refractivity contribution in [1.82, 2.24) is 0 Å². The lowest BCUT2D eigenvalue weighted by atomic mass is 9.95. The summed E-state index contributed by atoms with van der Waals surface area (Å²) in [6, 6.07) is 25.3. The zero-order valence-electron chi connectivity index (χ0n) is 15.7. The van der Waals surface area contributed by atoms with E-state index in [1.165, 1.54) is 12.1 Å². The van der Waals surface area contributed by atoms with Gasteiger partial charge in [0, 0.05) is 11.8 Å². The summed E-state index contributed by atoms with van der Waals surface area (Å²) in [7, 11) is -3.34. The molecule has 2 aromatic rings. The third kappa shape index (κ3) is 3.41. The summed E-state index contributed by atoms with van der Waals surface area (Å²) in [5, 5.41) is 10.1. The van der Waals surface area contributed by atoms with E-state index in [9.17, 15) is 18.3 Å². The molecule has 29 heavy (non-hydrogen) atoms. The average Bonchev–Trinajstić information content (AvgIpc) is 2.84. The first-order valence-electron chi connectivity index (χ1n) is 9.02. The Morgan fingerprint density at radius 1 is 0.690 bits per heavy atom. The number of benzene rings is 2. The molecule has 2 aliphatic carbocycles. The maximum Gasteiger partial charge on any atom is 0.336 e. The van der Waals surface area contributed by atoms with Crippen LogP contribution in [0.5, 0.6) is 0 Å². The van der Waals surface area contributed by atoms with Gasteiger partial charge in [0.15, 0.2) is 9.84 Å². The fourth-order valence-electron chi connectivity index (χ4n) is 3.66. The van der Waals surface area contributed by atoms with Gasteiger partial charge in [0.2, 0.25) is 0 Å². The lowest BCUT2D eigenvalue weighted by Crippen LogP contribution is -1.99. The van der Waals surface area contributed by atoms with Crippen molar-refractivity contribution >= 4 is 15.8 Å². The summed E-state index contributed by atoms with van der Waals surface area (Å²) in [5.41, 5.74) is 4.66. The van der Waals surface area contributed by atoms with E-state index >= 15 is 0 Å². The quantitative estimate of drug-likeness (QED) is 0.508. The monoisotopic (exact) mass is 402 g/mol. The number of hydrogen-bond donors (Lipinski definition) is 1. The Labute approximate surface area is 169 Å². The largest absolute Gasteiger partial charge is 0.478 e. The second kappa shape index (κ2) is 7.18. The Morgan fingerprint density at radius 2 is 1.21 bits per heavy atom. The topological polar surface area (TPSA) is 71.4 Å². The van der Waals surface area contributed by atoms with Crippen LogP contribution in [0.4, 0.5) is 0 Å². The fraction of sp³-hybridized carbons (Fsp3) is 0.0417. The molecule has 4 nitrogen and oxygen atoms in total. The highest BCUT2D eigenvalue weighted by Gasteiger charge is 2.28. The van der Waals surface area contributed by atoms with Gasteiger partial charge in [-0.05, 0) is 39.9 Å². The highest BCUT2D eigenvalue weighted by molar-refractivity contribution is 7.90. The minimum Gasteiger partial charge on any atom is -0.478 e. The van der Waals surface area contributed by atoms with Crippen LogP contribution in [0.2, 0.25) is 0 Å². The van der Waals surface area contributed by atoms with Gasteiger partial charge in [-0.1, -0.05) is 72.8 Å². The molecule has 0 radical (unpaired) electrons. The second-order valence-electron chi connectivity index (χ2n) is 6.83. The number of carboxylic acids is 1. The summed E-state index contributed by atoms with van der Waals surface area (Å²) in [6.45, 7) is 0. The first-order chi connectivity index (χ1) is 13.9. The molecule has 144 valence electrons. The van der Waals surface area contributed by atoms with E-state index in [1.807, 2.05) is 54.6 Å². The number of hydrogen-bond acceptors (Lipinski definition) is 3. The van der Waals surface area contributed by atoms with Gasteiger partial charge in [-0.2, -0.15) is 0 Å². The van der Waals surface area contributed by atoms with Gasteiger partial charge in [0.1, 0.15) is 0 Å². The molecule has 0 atom stereocenters. The van der Waals surface area contributed by atoms with Crippen LogP contribution < -0.4 is 0 Å². The Hall–Kier alpha value is -3.44. The molecule has 4 rings (SSSR count). The van der Waals surface area contributed by atoms with Crippen molar-refractivity contribution in [2.75, 3.05) is 6.26 Å². The molecule has 0 fully saturated rings. The third-order valence-corrected chi connectivity index (χ3v) is 6.05. The molecule has 0 spiro atoms. The van der Waals surface area contributed by atoms with Crippen molar-refractivity contribution in [2.45, 2.75) is 4.90 Å². The molecular formula is C24H18O4S. The van der Waals surface area contributed by atoms with Crippen molar-refractivity contribution in [3.05, 3.63) is 90.5 Å². The first kappa shape index (κ1) is 18.9. The van der Waals surface area contributed by atoms with Crippen LogP contribution in [0.15, 0.2) is 89.8 Å². The van der Waals surface area contributed by atoms with Crippen molar-refractivity contribution in [2.24, 2.45) is 0 Å². The molecule has 0 saturated heterocycles. The Kier molecular flexibility index (Phi) is 4.68. The van der Waals surface area contributed by atoms with Crippen LogP contribution in [-0.4, -0.2) is 25.7 Å². The summed E-state index contributed by atoms with van der Waals surface area (Å²) in [5.74, 6) is -1.02. The van der Waals surface area contributed by atoms with Gasteiger partial charge in [-0.15, -0.1) is 0 Å². The molecule has 0 aliphatic heterocycles. The zero-order valence-corrected chi connectivity index (χ0v) is 16.5. The molecule has 2 aliphatic rings. The SMILES string of the molecule is CS(=O)(=O)c1ccc(-c2c(C(=O)O)c3cccccc-3c2-c2ccccc2)cc1. The van der Waals surface area contributed by atoms with E-state index < -0.39 is 15.8 Å². The Morgan fingerprint density at radius 3 is 1.76 bits per heavy atom. The van der Waals surface area contributed by atoms with Crippen molar-refractivity contribution in [1.29, 1.82) is 0 Å².